The van der Waals surface area contributed by atoms with E-state index in [9.17, 15) is 0 Å². The lowest BCUT2D eigenvalue weighted by atomic mass is 10.0. The first-order chi connectivity index (χ1) is 10.7. The van der Waals surface area contributed by atoms with Crippen LogP contribution in [0.15, 0.2) is 4.99 Å². The summed E-state index contributed by atoms with van der Waals surface area (Å²) in [4.78, 5) is 7.15. The summed E-state index contributed by atoms with van der Waals surface area (Å²) in [5.41, 5.74) is -0.0733. The Balaban J connectivity index is 1.66. The smallest absolute Gasteiger partial charge is 0.191 e. The number of nitrogens with zero attached hydrogens (tertiary/aromatic N) is 2. The van der Waals surface area contributed by atoms with E-state index in [1.54, 1.807) is 0 Å². The van der Waals surface area contributed by atoms with Gasteiger partial charge in [0.15, 0.2) is 5.96 Å². The van der Waals surface area contributed by atoms with Gasteiger partial charge in [-0.15, -0.1) is 0 Å². The fourth-order valence-electron chi connectivity index (χ4n) is 2.88. The normalized spacial score (nSPS) is 27.1. The number of nitrogens with one attached hydrogen (secondary N) is 2. The van der Waals surface area contributed by atoms with Crippen LogP contribution in [0.4, 0.5) is 0 Å². The highest BCUT2D eigenvalue weighted by atomic mass is 16.5. The van der Waals surface area contributed by atoms with Crippen molar-refractivity contribution in [1.29, 1.82) is 0 Å². The Morgan fingerprint density at radius 1 is 1.23 bits per heavy atom. The van der Waals surface area contributed by atoms with Crippen LogP contribution in [0.1, 0.15) is 33.1 Å². The average Bonchev–Trinajstić information content (AvgIpc) is 2.97. The first-order valence-corrected chi connectivity index (χ1v) is 8.68. The highest BCUT2D eigenvalue weighted by Gasteiger charge is 2.29. The third-order valence-electron chi connectivity index (χ3n) is 4.26. The number of hydrogen-bond donors (Lipinski definition) is 2. The molecule has 0 aromatic rings. The lowest BCUT2D eigenvalue weighted by Gasteiger charge is -2.26. The zero-order valence-electron chi connectivity index (χ0n) is 14.2. The summed E-state index contributed by atoms with van der Waals surface area (Å²) in [6.07, 6.45) is 3.38. The van der Waals surface area contributed by atoms with Gasteiger partial charge in [0.25, 0.3) is 0 Å². The molecule has 0 aliphatic carbocycles. The minimum atomic E-state index is -0.0733. The molecule has 2 heterocycles. The van der Waals surface area contributed by atoms with Gasteiger partial charge in [-0.05, 0) is 39.7 Å². The van der Waals surface area contributed by atoms with Crippen molar-refractivity contribution in [3.8, 4) is 0 Å². The van der Waals surface area contributed by atoms with Crippen molar-refractivity contribution in [2.75, 3.05) is 59.1 Å². The Kier molecular flexibility index (Phi) is 7.42. The van der Waals surface area contributed by atoms with E-state index in [2.05, 4.69) is 34.4 Å². The summed E-state index contributed by atoms with van der Waals surface area (Å²) in [5.74, 6) is 0.904. The maximum atomic E-state index is 5.79. The molecule has 2 saturated heterocycles. The maximum absolute atomic E-state index is 5.79. The molecular weight excluding hydrogens is 280 g/mol. The Labute approximate surface area is 134 Å². The zero-order valence-corrected chi connectivity index (χ0v) is 14.2. The molecule has 2 N–H and O–H groups in total. The lowest BCUT2D eigenvalue weighted by Crippen LogP contribution is -2.41. The van der Waals surface area contributed by atoms with Gasteiger partial charge in [0, 0.05) is 32.8 Å². The summed E-state index contributed by atoms with van der Waals surface area (Å²) in [5, 5.41) is 6.74. The molecule has 0 spiro atoms. The molecule has 22 heavy (non-hydrogen) atoms. The van der Waals surface area contributed by atoms with Crippen LogP contribution in [0.5, 0.6) is 0 Å². The van der Waals surface area contributed by atoms with E-state index < -0.39 is 0 Å². The predicted octanol–water partition coefficient (Wildman–Crippen LogP) is 0.833. The maximum Gasteiger partial charge on any atom is 0.191 e. The van der Waals surface area contributed by atoms with Gasteiger partial charge in [-0.3, -0.25) is 9.89 Å². The standard InChI is InChI=1S/C16H32N4O2/c1-3-17-15(19-14-16(2)6-4-11-22-16)18-7-5-8-20-9-12-21-13-10-20/h3-14H2,1-2H3,(H2,17,18,19). The van der Waals surface area contributed by atoms with E-state index in [0.29, 0.717) is 0 Å². The highest BCUT2D eigenvalue weighted by Crippen LogP contribution is 2.24. The number of aliphatic imine (C=N–C) groups is 1. The van der Waals surface area contributed by atoms with E-state index in [-0.39, 0.29) is 5.60 Å². The van der Waals surface area contributed by atoms with Crippen molar-refractivity contribution >= 4 is 5.96 Å². The molecule has 0 radical (unpaired) electrons. The van der Waals surface area contributed by atoms with Crippen molar-refractivity contribution in [2.24, 2.45) is 4.99 Å². The van der Waals surface area contributed by atoms with Crippen molar-refractivity contribution in [3.05, 3.63) is 0 Å². The molecule has 0 aromatic carbocycles. The van der Waals surface area contributed by atoms with E-state index >= 15 is 0 Å². The second kappa shape index (κ2) is 9.33. The molecule has 2 rings (SSSR count). The summed E-state index contributed by atoms with van der Waals surface area (Å²) in [6.45, 7) is 12.7. The zero-order chi connectivity index (χ0) is 15.7. The topological polar surface area (TPSA) is 58.1 Å². The van der Waals surface area contributed by atoms with E-state index in [1.165, 1.54) is 0 Å². The minimum Gasteiger partial charge on any atom is -0.379 e. The van der Waals surface area contributed by atoms with Crippen LogP contribution in [0, 0.1) is 0 Å². The van der Waals surface area contributed by atoms with Crippen LogP contribution in [0.25, 0.3) is 0 Å². The van der Waals surface area contributed by atoms with Crippen LogP contribution < -0.4 is 10.6 Å². The molecule has 6 nitrogen and oxygen atoms in total. The van der Waals surface area contributed by atoms with E-state index in [1.807, 2.05) is 0 Å². The Bertz CT molecular complexity index is 337. The molecule has 2 fully saturated rings. The first kappa shape index (κ1) is 17.5. The average molecular weight is 312 g/mol. The lowest BCUT2D eigenvalue weighted by molar-refractivity contribution is 0.0283. The Hall–Kier alpha value is -0.850. The molecule has 1 unspecified atom stereocenters. The first-order valence-electron chi connectivity index (χ1n) is 8.68. The van der Waals surface area contributed by atoms with Crippen LogP contribution in [0.3, 0.4) is 0 Å². The van der Waals surface area contributed by atoms with Crippen LogP contribution in [-0.2, 0) is 9.47 Å². The van der Waals surface area contributed by atoms with Crippen molar-refractivity contribution in [3.63, 3.8) is 0 Å². The highest BCUT2D eigenvalue weighted by molar-refractivity contribution is 5.79. The number of guanidine groups is 1. The van der Waals surface area contributed by atoms with Gasteiger partial charge < -0.3 is 20.1 Å². The molecule has 1 atom stereocenters. The molecule has 0 saturated carbocycles. The Morgan fingerprint density at radius 2 is 2.05 bits per heavy atom. The number of ether oxygens (including phenoxy) is 2. The molecule has 2 aliphatic rings. The van der Waals surface area contributed by atoms with Crippen molar-refractivity contribution < 1.29 is 9.47 Å². The number of hydrogen-bond acceptors (Lipinski definition) is 4. The van der Waals surface area contributed by atoms with Gasteiger partial charge in [-0.2, -0.15) is 0 Å². The molecule has 0 aromatic heterocycles. The van der Waals surface area contributed by atoms with Crippen LogP contribution >= 0.6 is 0 Å². The van der Waals surface area contributed by atoms with Gasteiger partial charge in [-0.25, -0.2) is 0 Å². The molecule has 128 valence electrons. The third kappa shape index (κ3) is 6.10. The second-order valence-corrected chi connectivity index (χ2v) is 6.33. The Morgan fingerprint density at radius 3 is 2.73 bits per heavy atom. The number of rotatable bonds is 7. The van der Waals surface area contributed by atoms with E-state index in [4.69, 9.17) is 9.47 Å². The van der Waals surface area contributed by atoms with Gasteiger partial charge in [0.1, 0.15) is 0 Å². The van der Waals surface area contributed by atoms with Crippen LogP contribution in [0.2, 0.25) is 0 Å². The monoisotopic (exact) mass is 312 g/mol. The second-order valence-electron chi connectivity index (χ2n) is 6.33. The summed E-state index contributed by atoms with van der Waals surface area (Å²) in [6, 6.07) is 0. The minimum absolute atomic E-state index is 0.0733. The van der Waals surface area contributed by atoms with Gasteiger partial charge in [-0.1, -0.05) is 0 Å². The predicted molar refractivity (Wildman–Crippen MR) is 89.4 cm³/mol. The van der Waals surface area contributed by atoms with Crippen LogP contribution in [-0.4, -0.2) is 75.5 Å². The van der Waals surface area contributed by atoms with Gasteiger partial charge in [0.05, 0.1) is 25.4 Å². The summed E-state index contributed by atoms with van der Waals surface area (Å²) in [7, 11) is 0. The quantitative estimate of drug-likeness (QED) is 0.414. The van der Waals surface area contributed by atoms with Gasteiger partial charge in [0.2, 0.25) is 0 Å². The molecular formula is C16H32N4O2. The molecule has 2 aliphatic heterocycles. The fraction of sp³-hybridized carbons (Fsp3) is 0.938. The molecule has 0 bridgehead atoms. The fourth-order valence-corrected chi connectivity index (χ4v) is 2.88. The summed E-state index contributed by atoms with van der Waals surface area (Å²) >= 11 is 0. The number of morpholine rings is 1. The van der Waals surface area contributed by atoms with Crippen molar-refractivity contribution in [2.45, 2.75) is 38.7 Å². The van der Waals surface area contributed by atoms with Gasteiger partial charge >= 0.3 is 0 Å². The largest absolute Gasteiger partial charge is 0.379 e. The molecule has 0 amide bonds. The van der Waals surface area contributed by atoms with E-state index in [0.717, 1.165) is 84.3 Å². The SMILES string of the molecule is CCNC(=NCC1(C)CCCO1)NCCCN1CCOCC1. The molecule has 6 heteroatoms. The summed E-state index contributed by atoms with van der Waals surface area (Å²) < 4.78 is 11.2. The van der Waals surface area contributed by atoms with Crippen molar-refractivity contribution in [1.82, 2.24) is 15.5 Å². The third-order valence-corrected chi connectivity index (χ3v) is 4.26.